The van der Waals surface area contributed by atoms with E-state index >= 15 is 0 Å². The van der Waals surface area contributed by atoms with Crippen LogP contribution in [0.15, 0.2) is 79.4 Å². The number of carboxylic acids is 1. The van der Waals surface area contributed by atoms with Gasteiger partial charge >= 0.3 is 5.97 Å². The number of hydrogen-bond acceptors (Lipinski definition) is 4. The van der Waals surface area contributed by atoms with Crippen LogP contribution in [0.1, 0.15) is 26.3 Å². The quantitative estimate of drug-likeness (QED) is 0.582. The Hall–Kier alpha value is -4.06. The molecule has 1 heterocycles. The smallest absolute Gasteiger partial charge is 0.335 e. The van der Waals surface area contributed by atoms with Crippen molar-refractivity contribution in [2.75, 3.05) is 23.5 Å². The predicted octanol–water partition coefficient (Wildman–Crippen LogP) is 4.88. The van der Waals surface area contributed by atoms with E-state index in [-0.39, 0.29) is 18.0 Å². The van der Waals surface area contributed by atoms with Crippen LogP contribution in [-0.4, -0.2) is 30.6 Å². The van der Waals surface area contributed by atoms with E-state index in [4.69, 9.17) is 4.74 Å². The molecule has 0 bridgehead atoms. The van der Waals surface area contributed by atoms with Crippen LogP contribution in [0.25, 0.3) is 0 Å². The number of para-hydroxylation sites is 1. The normalized spacial score (nSPS) is 12.6. The number of amides is 1. The molecule has 0 saturated heterocycles. The number of benzene rings is 3. The highest BCUT2D eigenvalue weighted by Crippen LogP contribution is 2.41. The highest BCUT2D eigenvalue weighted by Gasteiger charge is 2.31. The average Bonchev–Trinajstić information content (AvgIpc) is 2.89. The van der Waals surface area contributed by atoms with E-state index in [1.54, 1.807) is 42.4 Å². The number of methoxy groups -OCH3 is 1. The van der Waals surface area contributed by atoms with Gasteiger partial charge in [-0.3, -0.25) is 4.79 Å². The summed E-state index contributed by atoms with van der Waals surface area (Å²) in [6.45, 7) is 4.61. The van der Waals surface area contributed by atoms with Gasteiger partial charge in [-0.2, -0.15) is 0 Å². The molecule has 0 aliphatic carbocycles. The molecule has 1 aliphatic rings. The van der Waals surface area contributed by atoms with E-state index < -0.39 is 5.97 Å². The van der Waals surface area contributed by atoms with Gasteiger partial charge in [0.15, 0.2) is 0 Å². The number of hydrogen-bond donors (Lipinski definition) is 1. The lowest BCUT2D eigenvalue weighted by molar-refractivity contribution is 0.0696. The first-order valence-corrected chi connectivity index (χ1v) is 9.83. The van der Waals surface area contributed by atoms with Crippen molar-refractivity contribution in [1.82, 2.24) is 0 Å². The Balaban J connectivity index is 1.90. The van der Waals surface area contributed by atoms with Crippen LogP contribution in [0.4, 0.5) is 17.1 Å². The van der Waals surface area contributed by atoms with Gasteiger partial charge in [0, 0.05) is 6.54 Å². The number of rotatable bonds is 6. The molecule has 31 heavy (non-hydrogen) atoms. The average molecular weight is 414 g/mol. The van der Waals surface area contributed by atoms with Gasteiger partial charge in [0.05, 0.1) is 41.8 Å². The molecule has 1 amide bonds. The fraction of sp³-hybridized carbons (Fsp3) is 0.120. The van der Waals surface area contributed by atoms with Crippen LogP contribution in [0.3, 0.4) is 0 Å². The van der Waals surface area contributed by atoms with Gasteiger partial charge in [0.1, 0.15) is 5.75 Å². The molecule has 0 radical (unpaired) electrons. The fourth-order valence-electron chi connectivity index (χ4n) is 3.77. The lowest BCUT2D eigenvalue weighted by atomic mass is 10.1. The van der Waals surface area contributed by atoms with Crippen LogP contribution in [0.5, 0.6) is 5.75 Å². The highest BCUT2D eigenvalue weighted by atomic mass is 16.5. The second-order valence-electron chi connectivity index (χ2n) is 7.16. The molecule has 3 aromatic carbocycles. The summed E-state index contributed by atoms with van der Waals surface area (Å²) >= 11 is 0. The van der Waals surface area contributed by atoms with Gasteiger partial charge < -0.3 is 19.6 Å². The van der Waals surface area contributed by atoms with E-state index in [9.17, 15) is 14.7 Å². The zero-order valence-corrected chi connectivity index (χ0v) is 17.1. The molecule has 0 unspecified atom stereocenters. The SMILES string of the molecule is C=CCN1c2ccccc2C(=O)N(Cc2ccc(OC)cc2)c2cc(C(=O)O)ccc21. The summed E-state index contributed by atoms with van der Waals surface area (Å²) in [5, 5.41) is 9.55. The second-order valence-corrected chi connectivity index (χ2v) is 7.16. The summed E-state index contributed by atoms with van der Waals surface area (Å²) in [5.41, 5.74) is 3.61. The van der Waals surface area contributed by atoms with Gasteiger partial charge in [-0.1, -0.05) is 30.3 Å². The first-order valence-electron chi connectivity index (χ1n) is 9.83. The molecule has 0 atom stereocenters. The van der Waals surface area contributed by atoms with Gasteiger partial charge in [-0.25, -0.2) is 4.79 Å². The number of anilines is 3. The van der Waals surface area contributed by atoms with Crippen LogP contribution >= 0.6 is 0 Å². The minimum atomic E-state index is -1.04. The topological polar surface area (TPSA) is 70.1 Å². The molecule has 0 saturated carbocycles. The van der Waals surface area contributed by atoms with Crippen molar-refractivity contribution < 1.29 is 19.4 Å². The molecule has 6 nitrogen and oxygen atoms in total. The Bertz CT molecular complexity index is 1150. The van der Waals surface area contributed by atoms with E-state index in [1.165, 1.54) is 0 Å². The summed E-state index contributed by atoms with van der Waals surface area (Å²) in [7, 11) is 1.60. The molecule has 156 valence electrons. The second kappa shape index (κ2) is 8.36. The molecule has 0 spiro atoms. The molecule has 4 rings (SSSR count). The number of carboxylic acid groups (broad SMARTS) is 1. The number of nitrogens with zero attached hydrogens (tertiary/aromatic N) is 2. The standard InChI is InChI=1S/C25H22N2O4/c1-3-14-26-21-7-5-4-6-20(21)24(28)27(16-17-8-11-19(31-2)12-9-17)23-15-18(25(29)30)10-13-22(23)26/h3-13,15H,1,14,16H2,2H3,(H,29,30). The fourth-order valence-corrected chi connectivity index (χ4v) is 3.77. The van der Waals surface area contributed by atoms with Crippen LogP contribution in [0, 0.1) is 0 Å². The zero-order valence-electron chi connectivity index (χ0n) is 17.1. The lowest BCUT2D eigenvalue weighted by Crippen LogP contribution is -2.30. The predicted molar refractivity (Wildman–Crippen MR) is 121 cm³/mol. The Morgan fingerprint density at radius 2 is 1.74 bits per heavy atom. The molecular formula is C25H22N2O4. The summed E-state index contributed by atoms with van der Waals surface area (Å²) in [5.74, 6) is -0.513. The largest absolute Gasteiger partial charge is 0.497 e. The third kappa shape index (κ3) is 3.75. The zero-order chi connectivity index (χ0) is 22.0. The Morgan fingerprint density at radius 1 is 1.00 bits per heavy atom. The van der Waals surface area contributed by atoms with Crippen molar-refractivity contribution in [3.63, 3.8) is 0 Å². The van der Waals surface area contributed by atoms with Crippen molar-refractivity contribution in [3.05, 3.63) is 96.1 Å². The molecule has 6 heteroatoms. The lowest BCUT2D eigenvalue weighted by Gasteiger charge is -2.27. The highest BCUT2D eigenvalue weighted by molar-refractivity contribution is 6.14. The maximum Gasteiger partial charge on any atom is 0.335 e. The molecule has 0 aromatic heterocycles. The number of carbonyl (C=O) groups excluding carboxylic acids is 1. The Morgan fingerprint density at radius 3 is 2.42 bits per heavy atom. The van der Waals surface area contributed by atoms with E-state index in [2.05, 4.69) is 6.58 Å². The number of ether oxygens (including phenoxy) is 1. The molecule has 3 aromatic rings. The van der Waals surface area contributed by atoms with Crippen molar-refractivity contribution in [3.8, 4) is 5.75 Å². The monoisotopic (exact) mass is 414 g/mol. The molecule has 1 aliphatic heterocycles. The first kappa shape index (κ1) is 20.2. The van der Waals surface area contributed by atoms with E-state index in [0.29, 0.717) is 17.8 Å². The number of aromatic carboxylic acids is 1. The minimum Gasteiger partial charge on any atom is -0.497 e. The maximum atomic E-state index is 13.7. The Labute approximate surface area is 180 Å². The molecule has 1 N–H and O–H groups in total. The van der Waals surface area contributed by atoms with E-state index in [1.807, 2.05) is 47.4 Å². The third-order valence-corrected chi connectivity index (χ3v) is 5.29. The Kier molecular flexibility index (Phi) is 5.45. The maximum absolute atomic E-state index is 13.7. The summed E-state index contributed by atoms with van der Waals surface area (Å²) in [6.07, 6.45) is 1.76. The van der Waals surface area contributed by atoms with Crippen molar-refractivity contribution >= 4 is 28.9 Å². The van der Waals surface area contributed by atoms with Gasteiger partial charge in [-0.05, 0) is 48.0 Å². The minimum absolute atomic E-state index is 0.121. The van der Waals surface area contributed by atoms with Crippen molar-refractivity contribution in [1.29, 1.82) is 0 Å². The van der Waals surface area contributed by atoms with Crippen molar-refractivity contribution in [2.24, 2.45) is 0 Å². The van der Waals surface area contributed by atoms with Crippen LogP contribution in [-0.2, 0) is 6.54 Å². The molecular weight excluding hydrogens is 392 g/mol. The number of carbonyl (C=O) groups is 2. The van der Waals surface area contributed by atoms with Gasteiger partial charge in [-0.15, -0.1) is 6.58 Å². The van der Waals surface area contributed by atoms with Gasteiger partial charge in [0.25, 0.3) is 5.91 Å². The van der Waals surface area contributed by atoms with Gasteiger partial charge in [0.2, 0.25) is 0 Å². The summed E-state index contributed by atoms with van der Waals surface area (Å²) in [4.78, 5) is 28.9. The molecule has 0 fully saturated rings. The van der Waals surface area contributed by atoms with E-state index in [0.717, 1.165) is 22.7 Å². The number of fused-ring (bicyclic) bond motifs is 2. The van der Waals surface area contributed by atoms with Crippen molar-refractivity contribution in [2.45, 2.75) is 6.54 Å². The summed E-state index contributed by atoms with van der Waals surface area (Å²) < 4.78 is 5.22. The third-order valence-electron chi connectivity index (χ3n) is 5.29. The van der Waals surface area contributed by atoms with Crippen LogP contribution in [0.2, 0.25) is 0 Å². The summed E-state index contributed by atoms with van der Waals surface area (Å²) in [6, 6.07) is 19.7. The van der Waals surface area contributed by atoms with Crippen LogP contribution < -0.4 is 14.5 Å². The first-order chi connectivity index (χ1) is 15.0.